The van der Waals surface area contributed by atoms with Gasteiger partial charge in [0.05, 0.1) is 10.6 Å². The third kappa shape index (κ3) is 3.60. The monoisotopic (exact) mass is 349 g/mol. The van der Waals surface area contributed by atoms with Crippen LogP contribution in [-0.2, 0) is 9.59 Å². The van der Waals surface area contributed by atoms with E-state index in [1.54, 1.807) is 29.2 Å². The first kappa shape index (κ1) is 16.9. The smallest absolute Gasteiger partial charge is 0.255 e. The number of nitrogens with zero attached hydrogens (tertiary/aromatic N) is 3. The standard InChI is InChI=1S/C17H20ClN3O3/c18-14-4-2-1-3-13(14)17(24)20-10-7-19(8-11-20)9-12-21-15(22)5-6-16(21)23/h1-4H,5-12H2. The van der Waals surface area contributed by atoms with Crippen LogP contribution in [-0.4, -0.2) is 71.7 Å². The molecule has 7 heteroatoms. The van der Waals surface area contributed by atoms with Crippen LogP contribution < -0.4 is 0 Å². The Morgan fingerprint density at radius 2 is 1.58 bits per heavy atom. The number of hydrogen-bond acceptors (Lipinski definition) is 4. The van der Waals surface area contributed by atoms with Gasteiger partial charge in [0.1, 0.15) is 0 Å². The summed E-state index contributed by atoms with van der Waals surface area (Å²) in [6.07, 6.45) is 0.665. The lowest BCUT2D eigenvalue weighted by Crippen LogP contribution is -2.50. The maximum atomic E-state index is 12.5. The van der Waals surface area contributed by atoms with E-state index in [2.05, 4.69) is 4.90 Å². The summed E-state index contributed by atoms with van der Waals surface area (Å²) in [6.45, 7) is 3.79. The van der Waals surface area contributed by atoms with Crippen LogP contribution >= 0.6 is 11.6 Å². The zero-order valence-corrected chi connectivity index (χ0v) is 14.2. The molecule has 2 aliphatic heterocycles. The molecule has 0 aromatic heterocycles. The maximum Gasteiger partial charge on any atom is 0.255 e. The van der Waals surface area contributed by atoms with Crippen LogP contribution in [0, 0.1) is 0 Å². The molecule has 0 bridgehead atoms. The summed E-state index contributed by atoms with van der Waals surface area (Å²) in [6, 6.07) is 7.06. The van der Waals surface area contributed by atoms with Gasteiger partial charge >= 0.3 is 0 Å². The fraction of sp³-hybridized carbons (Fsp3) is 0.471. The highest BCUT2D eigenvalue weighted by atomic mass is 35.5. The summed E-state index contributed by atoms with van der Waals surface area (Å²) in [5.74, 6) is -0.204. The summed E-state index contributed by atoms with van der Waals surface area (Å²) in [7, 11) is 0. The molecule has 1 aromatic carbocycles. The van der Waals surface area contributed by atoms with Crippen molar-refractivity contribution in [2.24, 2.45) is 0 Å². The van der Waals surface area contributed by atoms with E-state index in [0.29, 0.717) is 49.6 Å². The van der Waals surface area contributed by atoms with Crippen molar-refractivity contribution in [3.8, 4) is 0 Å². The number of rotatable bonds is 4. The van der Waals surface area contributed by atoms with Gasteiger partial charge in [0.15, 0.2) is 0 Å². The Hall–Kier alpha value is -1.92. The first-order chi connectivity index (χ1) is 11.6. The topological polar surface area (TPSA) is 60.9 Å². The van der Waals surface area contributed by atoms with Crippen LogP contribution in [0.5, 0.6) is 0 Å². The first-order valence-corrected chi connectivity index (χ1v) is 8.53. The minimum Gasteiger partial charge on any atom is -0.336 e. The SMILES string of the molecule is O=C(c1ccccc1Cl)N1CCN(CCN2C(=O)CCC2=O)CC1. The van der Waals surface area contributed by atoms with Crippen LogP contribution in [0.1, 0.15) is 23.2 Å². The fourth-order valence-electron chi connectivity index (χ4n) is 3.09. The predicted molar refractivity (Wildman–Crippen MR) is 89.7 cm³/mol. The average Bonchev–Trinajstić information content (AvgIpc) is 2.91. The van der Waals surface area contributed by atoms with Crippen molar-refractivity contribution in [2.75, 3.05) is 39.3 Å². The molecule has 3 rings (SSSR count). The van der Waals surface area contributed by atoms with E-state index in [1.807, 2.05) is 0 Å². The third-order valence-corrected chi connectivity index (χ3v) is 4.89. The summed E-state index contributed by atoms with van der Waals surface area (Å²) in [5.41, 5.74) is 0.529. The lowest BCUT2D eigenvalue weighted by Gasteiger charge is -2.35. The van der Waals surface area contributed by atoms with Gasteiger partial charge in [-0.25, -0.2) is 0 Å². The molecule has 2 aliphatic rings. The molecular formula is C17H20ClN3O3. The number of carbonyl (C=O) groups excluding carboxylic acids is 3. The van der Waals surface area contributed by atoms with Crippen molar-refractivity contribution in [3.05, 3.63) is 34.9 Å². The number of piperazine rings is 1. The highest BCUT2D eigenvalue weighted by molar-refractivity contribution is 6.33. The van der Waals surface area contributed by atoms with Crippen LogP contribution in [0.3, 0.4) is 0 Å². The van der Waals surface area contributed by atoms with E-state index >= 15 is 0 Å². The summed E-state index contributed by atoms with van der Waals surface area (Å²) in [4.78, 5) is 41.0. The van der Waals surface area contributed by atoms with Gasteiger partial charge < -0.3 is 4.90 Å². The molecule has 0 N–H and O–H groups in total. The highest BCUT2D eigenvalue weighted by Crippen LogP contribution is 2.18. The number of carbonyl (C=O) groups is 3. The van der Waals surface area contributed by atoms with Crippen LogP contribution in [0.25, 0.3) is 0 Å². The number of benzene rings is 1. The lowest BCUT2D eigenvalue weighted by molar-refractivity contribution is -0.138. The van der Waals surface area contributed by atoms with E-state index in [4.69, 9.17) is 11.6 Å². The Labute approximate surface area is 146 Å². The molecule has 1 aromatic rings. The zero-order chi connectivity index (χ0) is 17.1. The molecule has 128 valence electrons. The number of imide groups is 1. The van der Waals surface area contributed by atoms with Crippen molar-refractivity contribution in [2.45, 2.75) is 12.8 Å². The quantitative estimate of drug-likeness (QED) is 0.767. The third-order valence-electron chi connectivity index (χ3n) is 4.56. The molecule has 3 amide bonds. The molecule has 2 heterocycles. The van der Waals surface area contributed by atoms with Gasteiger partial charge in [-0.3, -0.25) is 24.2 Å². The normalized spacial score (nSPS) is 19.2. The van der Waals surface area contributed by atoms with Crippen molar-refractivity contribution < 1.29 is 14.4 Å². The Morgan fingerprint density at radius 3 is 2.21 bits per heavy atom. The molecule has 0 unspecified atom stereocenters. The molecule has 24 heavy (non-hydrogen) atoms. The highest BCUT2D eigenvalue weighted by Gasteiger charge is 2.29. The van der Waals surface area contributed by atoms with Crippen molar-refractivity contribution in [1.29, 1.82) is 0 Å². The van der Waals surface area contributed by atoms with E-state index in [-0.39, 0.29) is 17.7 Å². The number of halogens is 1. The Balaban J connectivity index is 1.49. The largest absolute Gasteiger partial charge is 0.336 e. The van der Waals surface area contributed by atoms with Gasteiger partial charge in [0.2, 0.25) is 11.8 Å². The minimum atomic E-state index is -0.0764. The maximum absolute atomic E-state index is 12.5. The molecular weight excluding hydrogens is 330 g/mol. The second kappa shape index (κ2) is 7.32. The van der Waals surface area contributed by atoms with Crippen LogP contribution in [0.4, 0.5) is 0 Å². The minimum absolute atomic E-state index is 0.0508. The van der Waals surface area contributed by atoms with Crippen molar-refractivity contribution >= 4 is 29.3 Å². The first-order valence-electron chi connectivity index (χ1n) is 8.15. The average molecular weight is 350 g/mol. The number of amides is 3. The Kier molecular flexibility index (Phi) is 5.16. The molecule has 2 saturated heterocycles. The van der Waals surface area contributed by atoms with Gasteiger partial charge in [-0.05, 0) is 12.1 Å². The van der Waals surface area contributed by atoms with E-state index in [9.17, 15) is 14.4 Å². The van der Waals surface area contributed by atoms with Gasteiger partial charge in [-0.2, -0.15) is 0 Å². The Bertz CT molecular complexity index is 640. The Morgan fingerprint density at radius 1 is 0.958 bits per heavy atom. The van der Waals surface area contributed by atoms with Crippen molar-refractivity contribution in [1.82, 2.24) is 14.7 Å². The van der Waals surface area contributed by atoms with Gasteiger partial charge in [-0.15, -0.1) is 0 Å². The summed E-state index contributed by atoms with van der Waals surface area (Å²) < 4.78 is 0. The molecule has 6 nitrogen and oxygen atoms in total. The molecule has 0 radical (unpaired) electrons. The number of likely N-dealkylation sites (tertiary alicyclic amines) is 1. The number of hydrogen-bond donors (Lipinski definition) is 0. The molecule has 0 saturated carbocycles. The van der Waals surface area contributed by atoms with Gasteiger partial charge in [-0.1, -0.05) is 23.7 Å². The molecule has 2 fully saturated rings. The molecule has 0 atom stereocenters. The fourth-order valence-corrected chi connectivity index (χ4v) is 3.31. The second-order valence-corrected chi connectivity index (χ2v) is 6.46. The summed E-state index contributed by atoms with van der Waals surface area (Å²) >= 11 is 6.09. The van der Waals surface area contributed by atoms with Gasteiger partial charge in [0.25, 0.3) is 5.91 Å². The van der Waals surface area contributed by atoms with Crippen molar-refractivity contribution in [3.63, 3.8) is 0 Å². The van der Waals surface area contributed by atoms with Crippen LogP contribution in [0.2, 0.25) is 5.02 Å². The predicted octanol–water partition coefficient (Wildman–Crippen LogP) is 1.25. The van der Waals surface area contributed by atoms with E-state index in [0.717, 1.165) is 13.1 Å². The zero-order valence-electron chi connectivity index (χ0n) is 13.4. The molecule has 0 spiro atoms. The summed E-state index contributed by atoms with van der Waals surface area (Å²) in [5, 5.41) is 0.469. The van der Waals surface area contributed by atoms with Gasteiger partial charge in [0, 0.05) is 52.1 Å². The lowest BCUT2D eigenvalue weighted by atomic mass is 10.2. The second-order valence-electron chi connectivity index (χ2n) is 6.05. The van der Waals surface area contributed by atoms with E-state index in [1.165, 1.54) is 4.90 Å². The molecule has 0 aliphatic carbocycles. The van der Waals surface area contributed by atoms with Crippen LogP contribution in [0.15, 0.2) is 24.3 Å². The van der Waals surface area contributed by atoms with E-state index < -0.39 is 0 Å².